The summed E-state index contributed by atoms with van der Waals surface area (Å²) < 4.78 is 0. The van der Waals surface area contributed by atoms with Gasteiger partial charge in [-0.25, -0.2) is 9.97 Å². The van der Waals surface area contributed by atoms with E-state index in [1.807, 2.05) is 24.4 Å². The van der Waals surface area contributed by atoms with Crippen LogP contribution in [0.4, 0.5) is 0 Å². The second-order valence-corrected chi connectivity index (χ2v) is 7.19. The minimum Gasteiger partial charge on any atom is -0.342 e. The third-order valence-electron chi connectivity index (χ3n) is 4.15. The van der Waals surface area contributed by atoms with Crippen molar-refractivity contribution in [1.29, 1.82) is 0 Å². The summed E-state index contributed by atoms with van der Waals surface area (Å²) in [6.07, 6.45) is 5.47. The third kappa shape index (κ3) is 3.55. The Hall–Kier alpha value is -2.87. The molecule has 7 nitrogen and oxygen atoms in total. The van der Waals surface area contributed by atoms with Crippen LogP contribution in [-0.2, 0) is 0 Å². The first kappa shape index (κ1) is 16.6. The quantitative estimate of drug-likeness (QED) is 0.722. The highest BCUT2D eigenvalue weighted by molar-refractivity contribution is 7.10. The van der Waals surface area contributed by atoms with E-state index in [1.54, 1.807) is 12.4 Å². The van der Waals surface area contributed by atoms with Crippen LogP contribution in [0.5, 0.6) is 0 Å². The molecule has 0 radical (unpaired) electrons. The normalized spacial score (nSPS) is 14.8. The number of aromatic nitrogens is 4. The molecule has 132 valence electrons. The molecule has 1 saturated carbocycles. The van der Waals surface area contributed by atoms with E-state index < -0.39 is 0 Å². The molecule has 0 aromatic carbocycles. The lowest BCUT2D eigenvalue weighted by molar-refractivity contribution is 0.0934. The SMILES string of the molecule is CC(NC(=O)c1cc(=O)[nH]c(C2CC2)n1)c1nc(-c2cccnc2)cs1. The molecule has 3 heterocycles. The Morgan fingerprint density at radius 2 is 2.23 bits per heavy atom. The molecule has 1 aliphatic rings. The molecule has 0 spiro atoms. The van der Waals surface area contributed by atoms with Gasteiger partial charge in [-0.3, -0.25) is 14.6 Å². The van der Waals surface area contributed by atoms with Crippen molar-refractivity contribution in [3.63, 3.8) is 0 Å². The molecule has 1 amide bonds. The van der Waals surface area contributed by atoms with Crippen LogP contribution < -0.4 is 10.9 Å². The van der Waals surface area contributed by atoms with E-state index in [0.29, 0.717) is 5.82 Å². The molecule has 1 aliphatic carbocycles. The van der Waals surface area contributed by atoms with Crippen LogP contribution in [0.25, 0.3) is 11.3 Å². The van der Waals surface area contributed by atoms with E-state index in [4.69, 9.17) is 0 Å². The molecule has 0 aliphatic heterocycles. The van der Waals surface area contributed by atoms with Gasteiger partial charge in [-0.1, -0.05) is 0 Å². The smallest absolute Gasteiger partial charge is 0.270 e. The number of nitrogens with zero attached hydrogens (tertiary/aromatic N) is 3. The highest BCUT2D eigenvalue weighted by Gasteiger charge is 2.27. The molecule has 1 fully saturated rings. The number of H-pyrrole nitrogens is 1. The minimum absolute atomic E-state index is 0.145. The molecular formula is C18H17N5O2S. The third-order valence-corrected chi connectivity index (χ3v) is 5.18. The molecule has 3 aromatic rings. The zero-order chi connectivity index (χ0) is 18.1. The molecule has 0 bridgehead atoms. The highest BCUT2D eigenvalue weighted by atomic mass is 32.1. The van der Waals surface area contributed by atoms with Gasteiger partial charge in [-0.2, -0.15) is 0 Å². The summed E-state index contributed by atoms with van der Waals surface area (Å²) in [5, 5.41) is 5.59. The van der Waals surface area contributed by atoms with Crippen LogP contribution >= 0.6 is 11.3 Å². The van der Waals surface area contributed by atoms with Gasteiger partial charge in [0.1, 0.15) is 16.5 Å². The molecule has 1 atom stereocenters. The molecule has 2 N–H and O–H groups in total. The largest absolute Gasteiger partial charge is 0.342 e. The maximum atomic E-state index is 12.5. The Balaban J connectivity index is 1.50. The highest BCUT2D eigenvalue weighted by Crippen LogP contribution is 2.37. The molecule has 0 saturated heterocycles. The Morgan fingerprint density at radius 1 is 1.38 bits per heavy atom. The zero-order valence-electron chi connectivity index (χ0n) is 14.1. The molecule has 26 heavy (non-hydrogen) atoms. The number of hydrogen-bond donors (Lipinski definition) is 2. The van der Waals surface area contributed by atoms with Crippen molar-refractivity contribution >= 4 is 17.2 Å². The van der Waals surface area contributed by atoms with E-state index in [0.717, 1.165) is 29.1 Å². The number of aromatic amines is 1. The Kier molecular flexibility index (Phi) is 4.34. The molecule has 3 aromatic heterocycles. The van der Waals surface area contributed by atoms with Gasteiger partial charge >= 0.3 is 0 Å². The van der Waals surface area contributed by atoms with Crippen LogP contribution in [0.15, 0.2) is 40.8 Å². The van der Waals surface area contributed by atoms with Gasteiger partial charge in [0.2, 0.25) is 0 Å². The number of carbonyl (C=O) groups is 1. The average molecular weight is 367 g/mol. The van der Waals surface area contributed by atoms with E-state index in [1.165, 1.54) is 17.4 Å². The number of pyridine rings is 1. The second kappa shape index (κ2) is 6.80. The summed E-state index contributed by atoms with van der Waals surface area (Å²) >= 11 is 1.47. The van der Waals surface area contributed by atoms with Crippen LogP contribution in [0.2, 0.25) is 0 Å². The van der Waals surface area contributed by atoms with Gasteiger partial charge in [-0.05, 0) is 31.9 Å². The topological polar surface area (TPSA) is 101 Å². The fourth-order valence-corrected chi connectivity index (χ4v) is 3.44. The number of amides is 1. The van der Waals surface area contributed by atoms with Crippen LogP contribution in [0.1, 0.15) is 53.0 Å². The standard InChI is InChI=1S/C18H17N5O2S/c1-10(18-22-14(9-26-18)12-3-2-6-19-8-12)20-17(25)13-7-15(24)23-16(21-13)11-4-5-11/h2-3,6-11H,4-5H2,1H3,(H,20,25)(H,21,23,24). The number of hydrogen-bond acceptors (Lipinski definition) is 6. The fraction of sp³-hybridized carbons (Fsp3) is 0.278. The van der Waals surface area contributed by atoms with Crippen molar-refractivity contribution in [3.8, 4) is 11.3 Å². The van der Waals surface area contributed by atoms with Gasteiger partial charge in [0.15, 0.2) is 0 Å². The summed E-state index contributed by atoms with van der Waals surface area (Å²) in [5.41, 5.74) is 1.60. The lowest BCUT2D eigenvalue weighted by Gasteiger charge is -2.11. The van der Waals surface area contributed by atoms with Crippen LogP contribution in [0.3, 0.4) is 0 Å². The molecule has 8 heteroatoms. The predicted octanol–water partition coefficient (Wildman–Crippen LogP) is 2.66. The lowest BCUT2D eigenvalue weighted by Crippen LogP contribution is -2.29. The van der Waals surface area contributed by atoms with Crippen molar-refractivity contribution in [3.05, 3.63) is 62.9 Å². The first-order valence-corrected chi connectivity index (χ1v) is 9.26. The van der Waals surface area contributed by atoms with Crippen molar-refractivity contribution in [2.45, 2.75) is 31.7 Å². The average Bonchev–Trinajstić information content (AvgIpc) is 3.38. The Morgan fingerprint density at radius 3 is 2.96 bits per heavy atom. The number of rotatable bonds is 5. The van der Waals surface area contributed by atoms with Gasteiger partial charge in [0.05, 0.1) is 11.7 Å². The van der Waals surface area contributed by atoms with Crippen molar-refractivity contribution < 1.29 is 4.79 Å². The lowest BCUT2D eigenvalue weighted by atomic mass is 10.2. The van der Waals surface area contributed by atoms with Crippen LogP contribution in [0, 0.1) is 0 Å². The van der Waals surface area contributed by atoms with Gasteiger partial charge < -0.3 is 10.3 Å². The van der Waals surface area contributed by atoms with Crippen molar-refractivity contribution in [2.75, 3.05) is 0 Å². The van der Waals surface area contributed by atoms with Gasteiger partial charge in [0.25, 0.3) is 11.5 Å². The van der Waals surface area contributed by atoms with E-state index in [2.05, 4.69) is 25.3 Å². The summed E-state index contributed by atoms with van der Waals surface area (Å²) in [6.45, 7) is 1.86. The maximum absolute atomic E-state index is 12.5. The van der Waals surface area contributed by atoms with Crippen LogP contribution in [-0.4, -0.2) is 25.8 Å². The number of carbonyl (C=O) groups excluding carboxylic acids is 1. The summed E-state index contributed by atoms with van der Waals surface area (Å²) in [6, 6.07) is 4.74. The molecule has 1 unspecified atom stereocenters. The summed E-state index contributed by atoms with van der Waals surface area (Å²) in [7, 11) is 0. The van der Waals surface area contributed by atoms with E-state index >= 15 is 0 Å². The van der Waals surface area contributed by atoms with Gasteiger partial charge in [-0.15, -0.1) is 11.3 Å². The summed E-state index contributed by atoms with van der Waals surface area (Å²) in [4.78, 5) is 39.9. The zero-order valence-corrected chi connectivity index (χ0v) is 14.9. The van der Waals surface area contributed by atoms with E-state index in [-0.39, 0.29) is 29.1 Å². The minimum atomic E-state index is -0.372. The molecule has 4 rings (SSSR count). The van der Waals surface area contributed by atoms with E-state index in [9.17, 15) is 9.59 Å². The second-order valence-electron chi connectivity index (χ2n) is 6.30. The monoisotopic (exact) mass is 367 g/mol. The fourth-order valence-electron chi connectivity index (χ4n) is 2.61. The first-order valence-electron chi connectivity index (χ1n) is 8.38. The number of nitrogens with one attached hydrogen (secondary N) is 2. The number of thiazole rings is 1. The van der Waals surface area contributed by atoms with Crippen molar-refractivity contribution in [1.82, 2.24) is 25.3 Å². The first-order chi connectivity index (χ1) is 12.6. The molecular weight excluding hydrogens is 350 g/mol. The Bertz CT molecular complexity index is 994. The summed E-state index contributed by atoms with van der Waals surface area (Å²) in [5.74, 6) is 0.501. The van der Waals surface area contributed by atoms with Crippen molar-refractivity contribution in [2.24, 2.45) is 0 Å². The Labute approximate surface area is 153 Å². The maximum Gasteiger partial charge on any atom is 0.270 e. The van der Waals surface area contributed by atoms with Gasteiger partial charge in [0, 0.05) is 35.3 Å². The predicted molar refractivity (Wildman–Crippen MR) is 98.1 cm³/mol.